The Kier molecular flexibility index (Phi) is 7.57. The minimum Gasteiger partial charge on any atom is -0.493 e. The minimum absolute atomic E-state index is 0.263. The normalized spacial score (nSPS) is 15.8. The van der Waals surface area contributed by atoms with Crippen LogP contribution in [0, 0.1) is 5.82 Å². The zero-order valence-corrected chi connectivity index (χ0v) is 18.6. The molecule has 1 saturated heterocycles. The highest BCUT2D eigenvalue weighted by Gasteiger charge is 2.14. The van der Waals surface area contributed by atoms with Gasteiger partial charge in [0, 0.05) is 29.1 Å². The minimum atomic E-state index is -0.472. The van der Waals surface area contributed by atoms with Crippen molar-refractivity contribution in [2.45, 2.75) is 25.3 Å². The fourth-order valence-electron chi connectivity index (χ4n) is 3.70. The molecule has 0 aliphatic carbocycles. The molecule has 32 heavy (non-hydrogen) atoms. The molecular weight excluding hydrogens is 435 g/mol. The van der Waals surface area contributed by atoms with Gasteiger partial charge in [-0.1, -0.05) is 11.6 Å². The lowest BCUT2D eigenvalue weighted by Gasteiger charge is -2.14. The van der Waals surface area contributed by atoms with Gasteiger partial charge in [-0.05, 0) is 50.1 Å². The second-order valence-electron chi connectivity index (χ2n) is 7.53. The van der Waals surface area contributed by atoms with Gasteiger partial charge in [0.05, 0.1) is 24.9 Å². The Labute approximate surface area is 191 Å². The smallest absolute Gasteiger partial charge is 0.163 e. The van der Waals surface area contributed by atoms with Gasteiger partial charge < -0.3 is 24.8 Å². The number of rotatable bonds is 10. The van der Waals surface area contributed by atoms with Crippen LogP contribution in [0.3, 0.4) is 0 Å². The van der Waals surface area contributed by atoms with E-state index in [2.05, 4.69) is 20.6 Å². The third-order valence-corrected chi connectivity index (χ3v) is 5.60. The maximum atomic E-state index is 14.2. The van der Waals surface area contributed by atoms with Crippen LogP contribution in [0.2, 0.25) is 5.02 Å². The Hall–Kier alpha value is -2.68. The first-order valence-electron chi connectivity index (χ1n) is 10.6. The molecule has 170 valence electrons. The zero-order valence-electron chi connectivity index (χ0n) is 17.9. The molecule has 1 aromatic heterocycles. The molecule has 0 amide bonds. The summed E-state index contributed by atoms with van der Waals surface area (Å²) in [6, 6.07) is 8.53. The van der Waals surface area contributed by atoms with Crippen LogP contribution >= 0.6 is 11.6 Å². The molecule has 0 spiro atoms. The van der Waals surface area contributed by atoms with E-state index < -0.39 is 5.82 Å². The van der Waals surface area contributed by atoms with Gasteiger partial charge >= 0.3 is 0 Å². The highest BCUT2D eigenvalue weighted by Crippen LogP contribution is 2.35. The van der Waals surface area contributed by atoms with Crippen molar-refractivity contribution in [3.05, 3.63) is 47.5 Å². The van der Waals surface area contributed by atoms with Crippen molar-refractivity contribution in [2.24, 2.45) is 0 Å². The predicted molar refractivity (Wildman–Crippen MR) is 123 cm³/mol. The van der Waals surface area contributed by atoms with E-state index in [-0.39, 0.29) is 5.69 Å². The average Bonchev–Trinajstić information content (AvgIpc) is 3.31. The third kappa shape index (κ3) is 5.56. The van der Waals surface area contributed by atoms with Crippen molar-refractivity contribution in [3.8, 4) is 11.5 Å². The third-order valence-electron chi connectivity index (χ3n) is 5.36. The largest absolute Gasteiger partial charge is 0.493 e. The van der Waals surface area contributed by atoms with Crippen LogP contribution in [0.1, 0.15) is 19.3 Å². The van der Waals surface area contributed by atoms with Crippen molar-refractivity contribution >= 4 is 34.0 Å². The molecular formula is C23H26ClFN4O3. The fraction of sp³-hybridized carbons (Fsp3) is 0.391. The van der Waals surface area contributed by atoms with E-state index in [0.717, 1.165) is 13.0 Å². The SMILES string of the molecule is COc1cc2c(Nc3ccc(Cl)cc3F)ncnc2cc1OCCOCCC1CCCN1. The highest BCUT2D eigenvalue weighted by molar-refractivity contribution is 6.30. The summed E-state index contributed by atoms with van der Waals surface area (Å²) in [4.78, 5) is 8.57. The van der Waals surface area contributed by atoms with Gasteiger partial charge in [0.15, 0.2) is 11.5 Å². The van der Waals surface area contributed by atoms with Crippen LogP contribution in [0.15, 0.2) is 36.7 Å². The number of hydrogen-bond donors (Lipinski definition) is 2. The van der Waals surface area contributed by atoms with Gasteiger partial charge in [-0.3, -0.25) is 0 Å². The number of methoxy groups -OCH3 is 1. The first-order chi connectivity index (χ1) is 15.6. The molecule has 2 N–H and O–H groups in total. The van der Waals surface area contributed by atoms with Crippen molar-refractivity contribution < 1.29 is 18.6 Å². The van der Waals surface area contributed by atoms with Crippen LogP contribution in [0.4, 0.5) is 15.9 Å². The van der Waals surface area contributed by atoms with Crippen molar-refractivity contribution in [2.75, 3.05) is 38.8 Å². The molecule has 7 nitrogen and oxygen atoms in total. The molecule has 1 unspecified atom stereocenters. The number of fused-ring (bicyclic) bond motifs is 1. The molecule has 2 aromatic carbocycles. The van der Waals surface area contributed by atoms with Crippen LogP contribution in [-0.4, -0.2) is 49.5 Å². The van der Waals surface area contributed by atoms with E-state index in [1.54, 1.807) is 31.4 Å². The van der Waals surface area contributed by atoms with E-state index in [1.807, 2.05) is 0 Å². The molecule has 0 radical (unpaired) electrons. The van der Waals surface area contributed by atoms with E-state index in [0.29, 0.717) is 59.1 Å². The molecule has 9 heteroatoms. The van der Waals surface area contributed by atoms with Gasteiger partial charge in [-0.25, -0.2) is 14.4 Å². The summed E-state index contributed by atoms with van der Waals surface area (Å²) < 4.78 is 31.3. The highest BCUT2D eigenvalue weighted by atomic mass is 35.5. The molecule has 0 bridgehead atoms. The number of halogens is 2. The number of nitrogens with zero attached hydrogens (tertiary/aromatic N) is 2. The molecule has 4 rings (SSSR count). The maximum Gasteiger partial charge on any atom is 0.163 e. The molecule has 0 saturated carbocycles. The first kappa shape index (κ1) is 22.5. The van der Waals surface area contributed by atoms with E-state index >= 15 is 0 Å². The summed E-state index contributed by atoms with van der Waals surface area (Å²) in [5, 5.41) is 7.45. The fourth-order valence-corrected chi connectivity index (χ4v) is 3.85. The molecule has 2 heterocycles. The van der Waals surface area contributed by atoms with Gasteiger partial charge in [-0.15, -0.1) is 0 Å². The Balaban J connectivity index is 1.41. The first-order valence-corrected chi connectivity index (χ1v) is 11.0. The number of aromatic nitrogens is 2. The van der Waals surface area contributed by atoms with Gasteiger partial charge in [0.2, 0.25) is 0 Å². The Morgan fingerprint density at radius 1 is 1.16 bits per heavy atom. The van der Waals surface area contributed by atoms with E-state index in [4.69, 9.17) is 25.8 Å². The lowest BCUT2D eigenvalue weighted by atomic mass is 10.2. The molecule has 1 aliphatic rings. The monoisotopic (exact) mass is 460 g/mol. The van der Waals surface area contributed by atoms with Gasteiger partial charge in [0.25, 0.3) is 0 Å². The summed E-state index contributed by atoms with van der Waals surface area (Å²) in [6.45, 7) is 2.69. The topological polar surface area (TPSA) is 77.5 Å². The summed E-state index contributed by atoms with van der Waals surface area (Å²) >= 11 is 5.84. The Morgan fingerprint density at radius 2 is 2.06 bits per heavy atom. The predicted octanol–water partition coefficient (Wildman–Crippen LogP) is 4.71. The van der Waals surface area contributed by atoms with E-state index in [9.17, 15) is 4.39 Å². The number of ether oxygens (including phenoxy) is 3. The molecule has 1 fully saturated rings. The standard InChI is InChI=1S/C23H26ClFN4O3/c1-30-21-12-17-20(13-22(21)32-10-9-31-8-6-16-3-2-7-26-16)27-14-28-23(17)29-19-5-4-15(24)11-18(19)25/h4-5,11-14,16,26H,2-3,6-10H2,1H3,(H,27,28,29). The summed E-state index contributed by atoms with van der Waals surface area (Å²) in [5.41, 5.74) is 0.902. The number of hydrogen-bond acceptors (Lipinski definition) is 7. The van der Waals surface area contributed by atoms with Crippen LogP contribution in [0.5, 0.6) is 11.5 Å². The van der Waals surface area contributed by atoms with Crippen molar-refractivity contribution in [3.63, 3.8) is 0 Å². The lowest BCUT2D eigenvalue weighted by molar-refractivity contribution is 0.0932. The lowest BCUT2D eigenvalue weighted by Crippen LogP contribution is -2.23. The summed E-state index contributed by atoms with van der Waals surface area (Å²) in [6.07, 6.45) is 4.89. The maximum absolute atomic E-state index is 14.2. The molecule has 1 aliphatic heterocycles. The van der Waals surface area contributed by atoms with Crippen LogP contribution in [-0.2, 0) is 4.74 Å². The second kappa shape index (κ2) is 10.8. The van der Waals surface area contributed by atoms with Crippen LogP contribution in [0.25, 0.3) is 10.9 Å². The van der Waals surface area contributed by atoms with Gasteiger partial charge in [0.1, 0.15) is 24.6 Å². The second-order valence-corrected chi connectivity index (χ2v) is 7.97. The molecule has 1 atom stereocenters. The Morgan fingerprint density at radius 3 is 2.84 bits per heavy atom. The number of anilines is 2. The van der Waals surface area contributed by atoms with Crippen LogP contribution < -0.4 is 20.1 Å². The van der Waals surface area contributed by atoms with Crippen molar-refractivity contribution in [1.29, 1.82) is 0 Å². The molecule has 3 aromatic rings. The number of benzene rings is 2. The quantitative estimate of drug-likeness (QED) is 0.424. The average molecular weight is 461 g/mol. The summed E-state index contributed by atoms with van der Waals surface area (Å²) in [7, 11) is 1.56. The number of nitrogens with one attached hydrogen (secondary N) is 2. The Bertz CT molecular complexity index is 1060. The zero-order chi connectivity index (χ0) is 22.3. The summed E-state index contributed by atoms with van der Waals surface area (Å²) in [5.74, 6) is 1.07. The van der Waals surface area contributed by atoms with E-state index in [1.165, 1.54) is 25.2 Å². The van der Waals surface area contributed by atoms with Gasteiger partial charge in [-0.2, -0.15) is 0 Å². The van der Waals surface area contributed by atoms with Crippen molar-refractivity contribution in [1.82, 2.24) is 15.3 Å².